The summed E-state index contributed by atoms with van der Waals surface area (Å²) in [6, 6.07) is 0.0106. The summed E-state index contributed by atoms with van der Waals surface area (Å²) >= 11 is 3.37. The van der Waals surface area contributed by atoms with Crippen molar-refractivity contribution in [3.8, 4) is 0 Å². The summed E-state index contributed by atoms with van der Waals surface area (Å²) in [7, 11) is 0. The van der Waals surface area contributed by atoms with Crippen molar-refractivity contribution in [1.82, 2.24) is 9.56 Å². The van der Waals surface area contributed by atoms with Gasteiger partial charge in [0.05, 0.1) is 5.60 Å². The van der Waals surface area contributed by atoms with Gasteiger partial charge in [-0.25, -0.2) is 13.8 Å². The third-order valence-electron chi connectivity index (χ3n) is 2.58. The van der Waals surface area contributed by atoms with E-state index in [-0.39, 0.29) is 6.04 Å². The Kier molecular flexibility index (Phi) is 4.75. The van der Waals surface area contributed by atoms with E-state index >= 15 is 0 Å². The molecule has 1 aliphatic rings. The van der Waals surface area contributed by atoms with Gasteiger partial charge in [0, 0.05) is 12.6 Å². The maximum Gasteiger partial charge on any atom is 0.231 e. The number of aliphatic hydroxyl groups is 1. The zero-order valence-corrected chi connectivity index (χ0v) is 9.27. The van der Waals surface area contributed by atoms with Gasteiger partial charge in [-0.3, -0.25) is 4.55 Å². The van der Waals surface area contributed by atoms with E-state index in [1.807, 2.05) is 0 Å². The lowest BCUT2D eigenvalue weighted by Crippen LogP contribution is -2.45. The molecule has 1 saturated carbocycles. The monoisotopic (exact) mass is 242 g/mol. The van der Waals surface area contributed by atoms with Crippen molar-refractivity contribution in [2.45, 2.75) is 37.3 Å². The van der Waals surface area contributed by atoms with Crippen LogP contribution >= 0.6 is 11.8 Å². The summed E-state index contributed by atoms with van der Waals surface area (Å²) in [5.74, 6) is 0. The molecule has 84 valence electrons. The molecule has 0 aliphatic heterocycles. The van der Waals surface area contributed by atoms with Gasteiger partial charge in [-0.2, -0.15) is 0 Å². The Balaban J connectivity index is 2.33. The highest BCUT2D eigenvalue weighted by molar-refractivity contribution is 7.77. The summed E-state index contributed by atoms with van der Waals surface area (Å²) in [6.07, 6.45) is 2.53. The first-order valence-corrected chi connectivity index (χ1v) is 5.97. The van der Waals surface area contributed by atoms with Crippen molar-refractivity contribution in [2.75, 3.05) is 6.54 Å². The normalized spacial score (nSPS) is 35.5. The van der Waals surface area contributed by atoms with E-state index in [0.29, 0.717) is 32.2 Å². The first-order valence-electron chi connectivity index (χ1n) is 4.49. The van der Waals surface area contributed by atoms with Gasteiger partial charge in [0.1, 0.15) is 0 Å². The Bertz CT molecular complexity index is 209. The minimum absolute atomic E-state index is 0.0106. The second-order valence-electron chi connectivity index (χ2n) is 3.68. The molecule has 14 heavy (non-hydrogen) atoms. The molecular formula is C7H15ClN2O3S. The quantitative estimate of drug-likeness (QED) is 0.417. The van der Waals surface area contributed by atoms with Gasteiger partial charge in [-0.05, 0) is 37.5 Å². The van der Waals surface area contributed by atoms with Crippen molar-refractivity contribution in [1.29, 1.82) is 0 Å². The number of rotatable bonds is 4. The molecule has 0 amide bonds. The lowest BCUT2D eigenvalue weighted by atomic mass is 9.83. The van der Waals surface area contributed by atoms with Gasteiger partial charge >= 0.3 is 0 Å². The van der Waals surface area contributed by atoms with Crippen LogP contribution in [0.3, 0.4) is 0 Å². The molecule has 0 bridgehead atoms. The van der Waals surface area contributed by atoms with E-state index in [1.165, 1.54) is 0 Å². The zero-order chi connectivity index (χ0) is 10.6. The van der Waals surface area contributed by atoms with E-state index in [0.717, 1.165) is 0 Å². The zero-order valence-electron chi connectivity index (χ0n) is 7.70. The molecule has 7 heteroatoms. The highest BCUT2D eigenvalue weighted by atomic mass is 35.5. The number of hydrogen-bond acceptors (Lipinski definition) is 3. The van der Waals surface area contributed by atoms with Crippen LogP contribution in [-0.2, 0) is 11.3 Å². The van der Waals surface area contributed by atoms with Crippen molar-refractivity contribution in [3.63, 3.8) is 0 Å². The van der Waals surface area contributed by atoms with E-state index in [2.05, 4.69) is 9.56 Å². The molecule has 4 N–H and O–H groups in total. The van der Waals surface area contributed by atoms with E-state index in [4.69, 9.17) is 16.3 Å². The highest BCUT2D eigenvalue weighted by Gasteiger charge is 2.33. The van der Waals surface area contributed by atoms with E-state index < -0.39 is 16.9 Å². The van der Waals surface area contributed by atoms with Crippen LogP contribution < -0.4 is 9.56 Å². The lowest BCUT2D eigenvalue weighted by molar-refractivity contribution is 0.00383. The fraction of sp³-hybridized carbons (Fsp3) is 1.00. The molecule has 0 spiro atoms. The molecular weight excluding hydrogens is 228 g/mol. The molecule has 1 rings (SSSR count). The second kappa shape index (κ2) is 5.39. The van der Waals surface area contributed by atoms with Crippen molar-refractivity contribution in [2.24, 2.45) is 0 Å². The molecule has 1 atom stereocenters. The van der Waals surface area contributed by atoms with Crippen molar-refractivity contribution in [3.05, 3.63) is 0 Å². The predicted molar refractivity (Wildman–Crippen MR) is 55.0 cm³/mol. The molecule has 0 saturated heterocycles. The topological polar surface area (TPSA) is 81.6 Å². The van der Waals surface area contributed by atoms with Crippen LogP contribution in [0.25, 0.3) is 0 Å². The molecule has 0 aromatic heterocycles. The number of hydrogen-bond donors (Lipinski definition) is 4. The summed E-state index contributed by atoms with van der Waals surface area (Å²) < 4.78 is 21.6. The largest absolute Gasteiger partial charge is 0.389 e. The maximum absolute atomic E-state index is 10.5. The third kappa shape index (κ3) is 3.80. The molecule has 1 aliphatic carbocycles. The van der Waals surface area contributed by atoms with Crippen LogP contribution in [0.4, 0.5) is 0 Å². The fourth-order valence-corrected chi connectivity index (χ4v) is 2.49. The Hall–Kier alpha value is 0.280. The molecule has 5 nitrogen and oxygen atoms in total. The average molecular weight is 243 g/mol. The fourth-order valence-electron chi connectivity index (χ4n) is 1.72. The Morgan fingerprint density at radius 2 is 2.07 bits per heavy atom. The van der Waals surface area contributed by atoms with E-state index in [1.54, 1.807) is 0 Å². The van der Waals surface area contributed by atoms with Gasteiger partial charge in [0.2, 0.25) is 11.3 Å². The van der Waals surface area contributed by atoms with Gasteiger partial charge in [-0.15, -0.1) is 0 Å². The minimum atomic E-state index is -1.96. The highest BCUT2D eigenvalue weighted by Crippen LogP contribution is 2.27. The summed E-state index contributed by atoms with van der Waals surface area (Å²) in [5, 5.41) is 9.91. The molecule has 1 fully saturated rings. The summed E-state index contributed by atoms with van der Waals surface area (Å²) in [6.45, 7) is 0.351. The number of halogens is 1. The van der Waals surface area contributed by atoms with Crippen LogP contribution in [0.2, 0.25) is 0 Å². The van der Waals surface area contributed by atoms with Gasteiger partial charge in [-0.1, -0.05) is 0 Å². The Labute approximate surface area is 90.7 Å². The predicted octanol–water partition coefficient (Wildman–Crippen LogP) is 0.130. The van der Waals surface area contributed by atoms with Crippen LogP contribution in [0, 0.1) is 0 Å². The smallest absolute Gasteiger partial charge is 0.231 e. The summed E-state index contributed by atoms with van der Waals surface area (Å²) in [5.41, 5.74) is -0.767. The number of nitrogens with one attached hydrogen (secondary N) is 2. The third-order valence-corrected chi connectivity index (χ3v) is 3.25. The van der Waals surface area contributed by atoms with Gasteiger partial charge in [0.15, 0.2) is 0 Å². The van der Waals surface area contributed by atoms with Crippen molar-refractivity contribution >= 4 is 23.0 Å². The molecule has 0 radical (unpaired) electrons. The SMILES string of the molecule is O=S(O)NC1CCC(O)(CNCl)CC1. The molecule has 0 aromatic rings. The molecule has 1 unspecified atom stereocenters. The Morgan fingerprint density at radius 3 is 2.50 bits per heavy atom. The Morgan fingerprint density at radius 1 is 1.50 bits per heavy atom. The lowest BCUT2D eigenvalue weighted by Gasteiger charge is -2.35. The van der Waals surface area contributed by atoms with Gasteiger partial charge in [0.25, 0.3) is 0 Å². The average Bonchev–Trinajstić information content (AvgIpc) is 2.09. The van der Waals surface area contributed by atoms with Crippen LogP contribution in [0.1, 0.15) is 25.7 Å². The standard InChI is InChI=1S/C7H15ClN2O3S/c8-9-5-7(11)3-1-6(2-4-7)10-14(12)13/h6,9-11H,1-5H2,(H,12,13). The maximum atomic E-state index is 10.5. The van der Waals surface area contributed by atoms with Crippen LogP contribution in [0.5, 0.6) is 0 Å². The first kappa shape index (κ1) is 12.4. The van der Waals surface area contributed by atoms with Gasteiger partial charge < -0.3 is 5.11 Å². The molecule has 0 heterocycles. The van der Waals surface area contributed by atoms with Crippen LogP contribution in [0.15, 0.2) is 0 Å². The minimum Gasteiger partial charge on any atom is -0.389 e. The summed E-state index contributed by atoms with van der Waals surface area (Å²) in [4.78, 5) is 2.43. The van der Waals surface area contributed by atoms with E-state index in [9.17, 15) is 9.32 Å². The second-order valence-corrected chi connectivity index (χ2v) is 4.68. The van der Waals surface area contributed by atoms with Crippen molar-refractivity contribution < 1.29 is 13.9 Å². The molecule has 0 aromatic carbocycles. The van der Waals surface area contributed by atoms with Crippen LogP contribution in [-0.4, -0.2) is 32.1 Å². The first-order chi connectivity index (χ1) is 6.56.